The fourth-order valence-corrected chi connectivity index (χ4v) is 4.00. The topological polar surface area (TPSA) is 47.1 Å². The molecular weight excluding hydrogens is 395 g/mol. The summed E-state index contributed by atoms with van der Waals surface area (Å²) in [7, 11) is 0. The number of hydrogen-bond acceptors (Lipinski definition) is 4. The van der Waals surface area contributed by atoms with Gasteiger partial charge in [-0.05, 0) is 49.4 Å². The van der Waals surface area contributed by atoms with Crippen molar-refractivity contribution in [2.45, 2.75) is 13.0 Å². The molecule has 0 unspecified atom stereocenters. The van der Waals surface area contributed by atoms with Crippen molar-refractivity contribution in [1.29, 1.82) is 0 Å². The Kier molecular flexibility index (Phi) is 5.43. The highest BCUT2D eigenvalue weighted by Crippen LogP contribution is 2.27. The zero-order valence-corrected chi connectivity index (χ0v) is 16.8. The maximum atomic E-state index is 13.2. The molecule has 2 saturated heterocycles. The lowest BCUT2D eigenvalue weighted by Crippen LogP contribution is -2.51. The number of imide groups is 1. The number of halogens is 2. The number of nitrogens with zero attached hydrogens (tertiary/aromatic N) is 4. The van der Waals surface area contributed by atoms with E-state index in [1.807, 2.05) is 24.3 Å². The molecule has 2 aliphatic heterocycles. The van der Waals surface area contributed by atoms with Crippen LogP contribution in [0.1, 0.15) is 6.92 Å². The molecule has 0 aliphatic carbocycles. The van der Waals surface area contributed by atoms with E-state index >= 15 is 0 Å². The molecule has 152 valence electrons. The predicted molar refractivity (Wildman–Crippen MR) is 111 cm³/mol. The fourth-order valence-electron chi connectivity index (χ4n) is 3.81. The van der Waals surface area contributed by atoms with Gasteiger partial charge < -0.3 is 4.90 Å². The molecule has 2 aromatic carbocycles. The maximum absolute atomic E-state index is 13.2. The molecule has 0 N–H and O–H groups in total. The van der Waals surface area contributed by atoms with Crippen LogP contribution in [0.2, 0.25) is 5.02 Å². The van der Waals surface area contributed by atoms with Crippen molar-refractivity contribution in [1.82, 2.24) is 9.80 Å². The van der Waals surface area contributed by atoms with Crippen LogP contribution in [0, 0.1) is 5.82 Å². The van der Waals surface area contributed by atoms with Crippen molar-refractivity contribution < 1.29 is 14.0 Å². The van der Waals surface area contributed by atoms with E-state index in [0.717, 1.165) is 31.9 Å². The highest BCUT2D eigenvalue weighted by molar-refractivity contribution is 6.30. The van der Waals surface area contributed by atoms with E-state index in [1.54, 1.807) is 6.92 Å². The average molecular weight is 417 g/mol. The van der Waals surface area contributed by atoms with Gasteiger partial charge >= 0.3 is 6.03 Å². The number of urea groups is 1. The van der Waals surface area contributed by atoms with Crippen LogP contribution in [0.15, 0.2) is 48.5 Å². The lowest BCUT2D eigenvalue weighted by Gasteiger charge is -2.37. The van der Waals surface area contributed by atoms with Gasteiger partial charge in [-0.1, -0.05) is 17.7 Å². The Hall–Kier alpha value is -2.64. The second kappa shape index (κ2) is 8.00. The van der Waals surface area contributed by atoms with E-state index in [1.165, 1.54) is 34.1 Å². The third kappa shape index (κ3) is 3.93. The first-order valence-corrected chi connectivity index (χ1v) is 9.95. The fraction of sp³-hybridized carbons (Fsp3) is 0.333. The second-order valence-electron chi connectivity index (χ2n) is 7.30. The highest BCUT2D eigenvalue weighted by atomic mass is 35.5. The Morgan fingerprint density at radius 2 is 1.69 bits per heavy atom. The molecule has 0 bridgehead atoms. The van der Waals surface area contributed by atoms with Crippen molar-refractivity contribution in [2.24, 2.45) is 0 Å². The summed E-state index contributed by atoms with van der Waals surface area (Å²) >= 11 is 6.08. The van der Waals surface area contributed by atoms with Crippen LogP contribution in [0.5, 0.6) is 0 Å². The molecule has 2 heterocycles. The Morgan fingerprint density at radius 3 is 2.34 bits per heavy atom. The largest absolute Gasteiger partial charge is 0.369 e. The van der Waals surface area contributed by atoms with E-state index in [0.29, 0.717) is 10.7 Å². The van der Waals surface area contributed by atoms with Crippen LogP contribution in [0.3, 0.4) is 0 Å². The van der Waals surface area contributed by atoms with Crippen LogP contribution in [-0.2, 0) is 4.79 Å². The standard InChI is InChI=1S/C21H22ClFN4O2/c1-15-20(28)26(21(29)27(15)18-7-5-17(23)6-8-18)14-24-9-11-25(12-10-24)19-4-2-3-16(22)13-19/h2-8,13,15H,9-12,14H2,1H3/t15-/m0/s1. The highest BCUT2D eigenvalue weighted by Gasteiger charge is 2.44. The van der Waals surface area contributed by atoms with Crippen LogP contribution >= 0.6 is 11.6 Å². The van der Waals surface area contributed by atoms with Gasteiger partial charge in [0.15, 0.2) is 0 Å². The summed E-state index contributed by atoms with van der Waals surface area (Å²) in [6.07, 6.45) is 0. The van der Waals surface area contributed by atoms with Crippen molar-refractivity contribution in [3.8, 4) is 0 Å². The molecule has 0 saturated carbocycles. The molecule has 2 fully saturated rings. The van der Waals surface area contributed by atoms with E-state index in [9.17, 15) is 14.0 Å². The second-order valence-corrected chi connectivity index (χ2v) is 7.73. The first kappa shape index (κ1) is 19.7. The van der Waals surface area contributed by atoms with Gasteiger partial charge in [0.1, 0.15) is 11.9 Å². The SMILES string of the molecule is C[C@H]1C(=O)N(CN2CCN(c3cccc(Cl)c3)CC2)C(=O)N1c1ccc(F)cc1. The first-order valence-electron chi connectivity index (χ1n) is 9.57. The summed E-state index contributed by atoms with van der Waals surface area (Å²) < 4.78 is 13.2. The Balaban J connectivity index is 1.40. The van der Waals surface area contributed by atoms with Crippen LogP contribution in [-0.4, -0.2) is 60.6 Å². The summed E-state index contributed by atoms with van der Waals surface area (Å²) in [4.78, 5) is 32.6. The normalized spacial score (nSPS) is 20.7. The summed E-state index contributed by atoms with van der Waals surface area (Å²) in [6, 6.07) is 12.4. The van der Waals surface area contributed by atoms with Crippen LogP contribution < -0.4 is 9.80 Å². The van der Waals surface area contributed by atoms with E-state index < -0.39 is 6.04 Å². The van der Waals surface area contributed by atoms with Crippen molar-refractivity contribution >= 4 is 34.9 Å². The van der Waals surface area contributed by atoms with Gasteiger partial charge in [0.05, 0.1) is 6.67 Å². The minimum absolute atomic E-state index is 0.239. The van der Waals surface area contributed by atoms with Crippen molar-refractivity contribution in [3.63, 3.8) is 0 Å². The smallest absolute Gasteiger partial charge is 0.333 e. The van der Waals surface area contributed by atoms with Gasteiger partial charge in [0, 0.05) is 42.6 Å². The Labute approximate surface area is 174 Å². The third-order valence-corrected chi connectivity index (χ3v) is 5.67. The van der Waals surface area contributed by atoms with Crippen molar-refractivity contribution in [3.05, 3.63) is 59.4 Å². The van der Waals surface area contributed by atoms with Crippen LogP contribution in [0.4, 0.5) is 20.6 Å². The van der Waals surface area contributed by atoms with Crippen LogP contribution in [0.25, 0.3) is 0 Å². The van der Waals surface area contributed by atoms with Gasteiger partial charge in [0.2, 0.25) is 0 Å². The monoisotopic (exact) mass is 416 g/mol. The summed E-state index contributed by atoms with van der Waals surface area (Å²) in [6.45, 7) is 4.98. The van der Waals surface area contributed by atoms with Gasteiger partial charge in [-0.2, -0.15) is 0 Å². The van der Waals surface area contributed by atoms with Gasteiger partial charge in [-0.25, -0.2) is 14.1 Å². The Morgan fingerprint density at radius 1 is 1.00 bits per heavy atom. The number of piperazine rings is 1. The lowest BCUT2D eigenvalue weighted by atomic mass is 10.2. The van der Waals surface area contributed by atoms with E-state index in [-0.39, 0.29) is 24.4 Å². The summed E-state index contributed by atoms with van der Waals surface area (Å²) in [5, 5.41) is 0.702. The molecule has 29 heavy (non-hydrogen) atoms. The average Bonchev–Trinajstić information content (AvgIpc) is 2.93. The van der Waals surface area contributed by atoms with E-state index in [4.69, 9.17) is 11.6 Å². The van der Waals surface area contributed by atoms with Gasteiger partial charge in [-0.15, -0.1) is 0 Å². The number of amides is 3. The van der Waals surface area contributed by atoms with E-state index in [2.05, 4.69) is 9.80 Å². The number of rotatable bonds is 4. The van der Waals surface area contributed by atoms with Crippen molar-refractivity contribution in [2.75, 3.05) is 42.6 Å². The third-order valence-electron chi connectivity index (χ3n) is 5.44. The quantitative estimate of drug-likeness (QED) is 0.716. The first-order chi connectivity index (χ1) is 13.9. The number of benzene rings is 2. The minimum atomic E-state index is -0.610. The zero-order chi connectivity index (χ0) is 20.5. The maximum Gasteiger partial charge on any atom is 0.333 e. The molecule has 8 heteroatoms. The molecular formula is C21H22ClFN4O2. The minimum Gasteiger partial charge on any atom is -0.369 e. The number of carbonyl (C=O) groups is 2. The summed E-state index contributed by atoms with van der Waals surface area (Å²) in [5.41, 5.74) is 1.59. The molecule has 0 aromatic heterocycles. The molecule has 0 radical (unpaired) electrons. The predicted octanol–water partition coefficient (Wildman–Crippen LogP) is 3.42. The van der Waals surface area contributed by atoms with Gasteiger partial charge in [-0.3, -0.25) is 14.6 Å². The number of carbonyl (C=O) groups excluding carboxylic acids is 2. The number of anilines is 2. The molecule has 6 nitrogen and oxygen atoms in total. The summed E-state index contributed by atoms with van der Waals surface area (Å²) in [5.74, 6) is -0.620. The molecule has 1 atom stereocenters. The molecule has 2 aliphatic rings. The molecule has 3 amide bonds. The zero-order valence-electron chi connectivity index (χ0n) is 16.1. The molecule has 0 spiro atoms. The van der Waals surface area contributed by atoms with Gasteiger partial charge in [0.25, 0.3) is 5.91 Å². The lowest BCUT2D eigenvalue weighted by molar-refractivity contribution is -0.128. The number of hydrogen-bond donors (Lipinski definition) is 0. The Bertz CT molecular complexity index is 915. The molecule has 2 aromatic rings. The molecule has 4 rings (SSSR count).